The topological polar surface area (TPSA) is 57.2 Å². The molecule has 0 saturated carbocycles. The SMILES string of the molecule is CC(C)(C)c1ccc2c(c1)CCC(OCCO)CCc1cc(C(C)(C)C)ccc1OCCOCCO2. The zero-order chi connectivity index (χ0) is 26.2. The Kier molecular flexibility index (Phi) is 10.2. The first-order chi connectivity index (χ1) is 17.1. The number of aliphatic hydroxyl groups is 1. The summed E-state index contributed by atoms with van der Waals surface area (Å²) in [6, 6.07) is 13.1. The molecule has 5 heteroatoms. The zero-order valence-electron chi connectivity index (χ0n) is 23.2. The van der Waals surface area contributed by atoms with E-state index < -0.39 is 0 Å². The van der Waals surface area contributed by atoms with Gasteiger partial charge in [-0.2, -0.15) is 0 Å². The van der Waals surface area contributed by atoms with Crippen LogP contribution in [-0.2, 0) is 33.1 Å². The first kappa shape index (κ1) is 28.5. The van der Waals surface area contributed by atoms with Gasteiger partial charge in [-0.05, 0) is 70.9 Å². The number of ether oxygens (including phenoxy) is 4. The molecular weight excluding hydrogens is 452 g/mol. The monoisotopic (exact) mass is 498 g/mol. The van der Waals surface area contributed by atoms with E-state index in [9.17, 15) is 5.11 Å². The van der Waals surface area contributed by atoms with Gasteiger partial charge in [0.2, 0.25) is 0 Å². The first-order valence-electron chi connectivity index (χ1n) is 13.4. The Bertz CT molecular complexity index is 881. The van der Waals surface area contributed by atoms with Crippen molar-refractivity contribution in [2.75, 3.05) is 39.6 Å². The van der Waals surface area contributed by atoms with Crippen molar-refractivity contribution in [2.24, 2.45) is 0 Å². The van der Waals surface area contributed by atoms with E-state index in [4.69, 9.17) is 18.9 Å². The largest absolute Gasteiger partial charge is 0.491 e. The van der Waals surface area contributed by atoms with Gasteiger partial charge in [0.05, 0.1) is 32.5 Å². The fourth-order valence-electron chi connectivity index (χ4n) is 4.45. The molecule has 3 rings (SSSR count). The van der Waals surface area contributed by atoms with Crippen molar-refractivity contribution >= 4 is 0 Å². The van der Waals surface area contributed by atoms with E-state index in [2.05, 4.69) is 77.9 Å². The van der Waals surface area contributed by atoms with E-state index in [0.717, 1.165) is 37.2 Å². The minimum Gasteiger partial charge on any atom is -0.491 e. The average Bonchev–Trinajstić information content (AvgIpc) is 2.82. The molecule has 0 fully saturated rings. The van der Waals surface area contributed by atoms with Crippen LogP contribution in [0.15, 0.2) is 36.4 Å². The van der Waals surface area contributed by atoms with Crippen LogP contribution in [0.2, 0.25) is 0 Å². The highest BCUT2D eigenvalue weighted by atomic mass is 16.5. The van der Waals surface area contributed by atoms with E-state index in [1.165, 1.54) is 22.3 Å². The third-order valence-electron chi connectivity index (χ3n) is 6.74. The van der Waals surface area contributed by atoms with Gasteiger partial charge in [-0.15, -0.1) is 0 Å². The normalized spacial score (nSPS) is 17.0. The lowest BCUT2D eigenvalue weighted by molar-refractivity contribution is 0.0195. The third-order valence-corrected chi connectivity index (χ3v) is 6.74. The molecule has 1 N–H and O–H groups in total. The molecule has 0 aromatic heterocycles. The molecule has 36 heavy (non-hydrogen) atoms. The Balaban J connectivity index is 1.87. The van der Waals surface area contributed by atoms with Gasteiger partial charge in [-0.25, -0.2) is 0 Å². The van der Waals surface area contributed by atoms with E-state index in [0.29, 0.717) is 33.0 Å². The number of hydrogen-bond acceptors (Lipinski definition) is 5. The molecule has 1 aliphatic heterocycles. The molecule has 1 heterocycles. The summed E-state index contributed by atoms with van der Waals surface area (Å²) in [5.74, 6) is 1.83. The second kappa shape index (κ2) is 12.9. The zero-order valence-corrected chi connectivity index (χ0v) is 23.2. The van der Waals surface area contributed by atoms with Crippen LogP contribution in [0.3, 0.4) is 0 Å². The van der Waals surface area contributed by atoms with Crippen molar-refractivity contribution in [3.05, 3.63) is 58.7 Å². The Morgan fingerprint density at radius 1 is 0.750 bits per heavy atom. The fraction of sp³-hybridized carbons (Fsp3) is 0.613. The van der Waals surface area contributed by atoms with Crippen LogP contribution in [0.25, 0.3) is 0 Å². The summed E-state index contributed by atoms with van der Waals surface area (Å²) >= 11 is 0. The van der Waals surface area contributed by atoms with Gasteiger partial charge < -0.3 is 24.1 Å². The van der Waals surface area contributed by atoms with Crippen LogP contribution < -0.4 is 9.47 Å². The Labute approximate surface area is 218 Å². The van der Waals surface area contributed by atoms with Gasteiger partial charge in [0.1, 0.15) is 24.7 Å². The number of fused-ring (bicyclic) bond motifs is 2. The molecule has 0 unspecified atom stereocenters. The van der Waals surface area contributed by atoms with Crippen LogP contribution in [0.4, 0.5) is 0 Å². The summed E-state index contributed by atoms with van der Waals surface area (Å²) in [5, 5.41) is 9.42. The molecule has 0 amide bonds. The van der Waals surface area contributed by atoms with Gasteiger partial charge >= 0.3 is 0 Å². The lowest BCUT2D eigenvalue weighted by atomic mass is 9.85. The molecule has 0 atom stereocenters. The molecule has 1 aliphatic rings. The van der Waals surface area contributed by atoms with Crippen LogP contribution in [0.5, 0.6) is 11.5 Å². The predicted molar refractivity (Wildman–Crippen MR) is 146 cm³/mol. The number of benzene rings is 2. The van der Waals surface area contributed by atoms with Crippen LogP contribution >= 0.6 is 0 Å². The van der Waals surface area contributed by atoms with Crippen LogP contribution in [0, 0.1) is 0 Å². The summed E-state index contributed by atoms with van der Waals surface area (Å²) in [6.07, 6.45) is 3.44. The lowest BCUT2D eigenvalue weighted by Gasteiger charge is -2.24. The molecule has 0 aliphatic carbocycles. The third kappa shape index (κ3) is 8.50. The smallest absolute Gasteiger partial charge is 0.122 e. The highest BCUT2D eigenvalue weighted by Gasteiger charge is 2.20. The maximum atomic E-state index is 9.42. The Morgan fingerprint density at radius 2 is 1.22 bits per heavy atom. The van der Waals surface area contributed by atoms with E-state index >= 15 is 0 Å². The van der Waals surface area contributed by atoms with E-state index in [1.54, 1.807) is 0 Å². The molecule has 0 bridgehead atoms. The van der Waals surface area contributed by atoms with Crippen molar-refractivity contribution in [2.45, 2.75) is 84.2 Å². The Morgan fingerprint density at radius 3 is 1.64 bits per heavy atom. The molecule has 0 radical (unpaired) electrons. The molecule has 2 aromatic rings. The van der Waals surface area contributed by atoms with Gasteiger partial charge in [0.15, 0.2) is 0 Å². The summed E-state index contributed by atoms with van der Waals surface area (Å²) in [7, 11) is 0. The van der Waals surface area contributed by atoms with Gasteiger partial charge in [0.25, 0.3) is 0 Å². The number of aryl methyl sites for hydroxylation is 2. The van der Waals surface area contributed by atoms with E-state index in [1.807, 2.05) is 0 Å². The number of hydrogen-bond donors (Lipinski definition) is 1. The second-order valence-electron chi connectivity index (χ2n) is 11.7. The molecular formula is C31H46O5. The van der Waals surface area contributed by atoms with Crippen molar-refractivity contribution < 1.29 is 24.1 Å². The van der Waals surface area contributed by atoms with Gasteiger partial charge in [-0.1, -0.05) is 65.8 Å². The van der Waals surface area contributed by atoms with Crippen molar-refractivity contribution in [1.82, 2.24) is 0 Å². The highest BCUT2D eigenvalue weighted by molar-refractivity contribution is 5.41. The van der Waals surface area contributed by atoms with Crippen molar-refractivity contribution in [3.8, 4) is 11.5 Å². The van der Waals surface area contributed by atoms with E-state index in [-0.39, 0.29) is 23.5 Å². The maximum absolute atomic E-state index is 9.42. The lowest BCUT2D eigenvalue weighted by Crippen LogP contribution is -2.19. The fourth-order valence-corrected chi connectivity index (χ4v) is 4.45. The van der Waals surface area contributed by atoms with Gasteiger partial charge in [-0.3, -0.25) is 0 Å². The summed E-state index contributed by atoms with van der Waals surface area (Å²) in [5.41, 5.74) is 5.12. The number of rotatable bonds is 3. The first-order valence-corrected chi connectivity index (χ1v) is 13.4. The average molecular weight is 499 g/mol. The number of aliphatic hydroxyl groups excluding tert-OH is 1. The summed E-state index contributed by atoms with van der Waals surface area (Å²) < 4.78 is 24.2. The predicted octanol–water partition coefficient (Wildman–Crippen LogP) is 6.01. The molecule has 0 spiro atoms. The second-order valence-corrected chi connectivity index (χ2v) is 11.7. The summed E-state index contributed by atoms with van der Waals surface area (Å²) in [6.45, 7) is 15.8. The highest BCUT2D eigenvalue weighted by Crippen LogP contribution is 2.32. The van der Waals surface area contributed by atoms with Crippen molar-refractivity contribution in [3.63, 3.8) is 0 Å². The summed E-state index contributed by atoms with van der Waals surface area (Å²) in [4.78, 5) is 0. The molecule has 200 valence electrons. The molecule has 2 aromatic carbocycles. The van der Waals surface area contributed by atoms with Crippen LogP contribution in [0.1, 0.15) is 76.6 Å². The Hall–Kier alpha value is -2.08. The standard InChI is InChI=1S/C31H46O5/c1-30(2,3)25-9-13-28-23(21-25)7-11-27(34-16-15-32)12-8-24-22-26(31(4,5)6)10-14-29(24)36-20-18-33-17-19-35-28/h9-10,13-14,21-22,27,32H,7-8,11-12,15-20H2,1-6H3. The molecule has 0 saturated heterocycles. The van der Waals surface area contributed by atoms with Crippen LogP contribution in [-0.4, -0.2) is 50.9 Å². The maximum Gasteiger partial charge on any atom is 0.122 e. The van der Waals surface area contributed by atoms with Gasteiger partial charge in [0, 0.05) is 0 Å². The quantitative estimate of drug-likeness (QED) is 0.561. The molecule has 5 nitrogen and oxygen atoms in total. The van der Waals surface area contributed by atoms with Crippen molar-refractivity contribution in [1.29, 1.82) is 0 Å². The minimum atomic E-state index is 0.0260. The minimum absolute atomic E-state index is 0.0260.